The molecule has 1 N–H and O–H groups in total. The van der Waals surface area contributed by atoms with Crippen molar-refractivity contribution in [1.29, 1.82) is 5.26 Å². The molecule has 0 fully saturated rings. The van der Waals surface area contributed by atoms with Crippen LogP contribution in [0.4, 0.5) is 18.9 Å². The summed E-state index contributed by atoms with van der Waals surface area (Å²) in [6.45, 7) is 0.0566. The number of alkyl halides is 3. The molecule has 2 heterocycles. The smallest absolute Gasteiger partial charge is 0.436 e. The van der Waals surface area contributed by atoms with Gasteiger partial charge in [0.1, 0.15) is 17.4 Å². The summed E-state index contributed by atoms with van der Waals surface area (Å²) in [7, 11) is 1.52. The number of amides is 1. The van der Waals surface area contributed by atoms with Crippen molar-refractivity contribution in [3.05, 3.63) is 89.1 Å². The number of anilines is 1. The molecule has 0 saturated carbocycles. The Bertz CT molecular complexity index is 1680. The number of nitriles is 1. The van der Waals surface area contributed by atoms with Gasteiger partial charge in [-0.3, -0.25) is 4.79 Å². The molecule has 10 nitrogen and oxygen atoms in total. The predicted molar refractivity (Wildman–Crippen MR) is 132 cm³/mol. The summed E-state index contributed by atoms with van der Waals surface area (Å²) in [4.78, 5) is 25.8. The largest absolute Gasteiger partial charge is 0.478 e. The maximum absolute atomic E-state index is 13.8. The van der Waals surface area contributed by atoms with E-state index in [-0.39, 0.29) is 29.4 Å². The highest BCUT2D eigenvalue weighted by Gasteiger charge is 2.41. The highest BCUT2D eigenvalue weighted by molar-refractivity contribution is 6.06. The summed E-state index contributed by atoms with van der Waals surface area (Å²) in [5.41, 5.74) is -1.84. The highest BCUT2D eigenvalue weighted by Crippen LogP contribution is 2.39. The molecule has 1 amide bonds. The number of ether oxygens (including phenoxy) is 3. The SMILES string of the molecule is CN(C(=O)c1cccc(-n2nc(C(F)(F)F)c(C#N)c2Oc2ccc(C(=O)O)cc2)c1)c1ccc2c(c1)OCO2. The van der Waals surface area contributed by atoms with E-state index in [1.54, 1.807) is 18.2 Å². The Kier molecular flexibility index (Phi) is 6.52. The van der Waals surface area contributed by atoms with Crippen molar-refractivity contribution in [2.45, 2.75) is 6.18 Å². The van der Waals surface area contributed by atoms with Crippen LogP contribution in [0.2, 0.25) is 0 Å². The van der Waals surface area contributed by atoms with Crippen LogP contribution < -0.4 is 19.1 Å². The molecule has 4 aromatic rings. The molecule has 5 rings (SSSR count). The molecule has 40 heavy (non-hydrogen) atoms. The van der Waals surface area contributed by atoms with Gasteiger partial charge in [0.2, 0.25) is 12.7 Å². The molecule has 0 saturated heterocycles. The molecule has 13 heteroatoms. The van der Waals surface area contributed by atoms with Crippen LogP contribution in [0, 0.1) is 11.3 Å². The fourth-order valence-electron chi connectivity index (χ4n) is 3.92. The second-order valence-electron chi connectivity index (χ2n) is 8.43. The van der Waals surface area contributed by atoms with Crippen LogP contribution in [-0.2, 0) is 6.18 Å². The predicted octanol–water partition coefficient (Wildman–Crippen LogP) is 5.26. The van der Waals surface area contributed by atoms with Crippen molar-refractivity contribution in [3.63, 3.8) is 0 Å². The number of nitrogens with zero attached hydrogens (tertiary/aromatic N) is 4. The summed E-state index contributed by atoms with van der Waals surface area (Å²) in [5, 5.41) is 22.3. The monoisotopic (exact) mass is 550 g/mol. The van der Waals surface area contributed by atoms with Crippen LogP contribution >= 0.6 is 0 Å². The van der Waals surface area contributed by atoms with Crippen LogP contribution in [-0.4, -0.2) is 40.6 Å². The summed E-state index contributed by atoms with van der Waals surface area (Å²) in [5.74, 6) is -1.30. The molecular formula is C27H17F3N4O6. The van der Waals surface area contributed by atoms with Gasteiger partial charge in [0, 0.05) is 24.4 Å². The molecular weight excluding hydrogens is 533 g/mol. The number of fused-ring (bicyclic) bond motifs is 1. The van der Waals surface area contributed by atoms with E-state index in [1.165, 1.54) is 66.5 Å². The van der Waals surface area contributed by atoms with Crippen molar-refractivity contribution in [1.82, 2.24) is 9.78 Å². The first-order chi connectivity index (χ1) is 19.1. The van der Waals surface area contributed by atoms with Gasteiger partial charge in [-0.25, -0.2) is 4.79 Å². The molecule has 202 valence electrons. The second kappa shape index (κ2) is 9.99. The lowest BCUT2D eigenvalue weighted by molar-refractivity contribution is -0.141. The van der Waals surface area contributed by atoms with E-state index in [4.69, 9.17) is 19.3 Å². The van der Waals surface area contributed by atoms with Gasteiger partial charge in [-0.1, -0.05) is 6.07 Å². The normalized spacial score (nSPS) is 12.1. The third-order valence-corrected chi connectivity index (χ3v) is 5.92. The molecule has 3 aromatic carbocycles. The number of hydrogen-bond donors (Lipinski definition) is 1. The molecule has 1 aliphatic heterocycles. The number of carboxylic acid groups (broad SMARTS) is 1. The quantitative estimate of drug-likeness (QED) is 0.345. The lowest BCUT2D eigenvalue weighted by Crippen LogP contribution is -2.26. The molecule has 0 aliphatic carbocycles. The van der Waals surface area contributed by atoms with Gasteiger partial charge < -0.3 is 24.2 Å². The number of benzene rings is 3. The number of aromatic carboxylic acids is 1. The van der Waals surface area contributed by atoms with Crippen molar-refractivity contribution < 1.29 is 42.1 Å². The summed E-state index contributed by atoms with van der Waals surface area (Å²) < 4.78 is 58.4. The van der Waals surface area contributed by atoms with Gasteiger partial charge in [0.25, 0.3) is 5.91 Å². The van der Waals surface area contributed by atoms with Gasteiger partial charge in [-0.2, -0.15) is 28.2 Å². The summed E-state index contributed by atoms with van der Waals surface area (Å²) in [6.07, 6.45) is -4.99. The zero-order valence-corrected chi connectivity index (χ0v) is 20.5. The van der Waals surface area contributed by atoms with Crippen molar-refractivity contribution in [3.8, 4) is 34.9 Å². The Morgan fingerprint density at radius 2 is 1.77 bits per heavy atom. The number of aromatic nitrogens is 2. The number of halogens is 3. The molecule has 0 radical (unpaired) electrons. The molecule has 0 atom stereocenters. The van der Waals surface area contributed by atoms with Crippen LogP contribution in [0.15, 0.2) is 66.7 Å². The summed E-state index contributed by atoms with van der Waals surface area (Å²) in [6, 6.07) is 16.9. The lowest BCUT2D eigenvalue weighted by Gasteiger charge is -2.18. The number of hydrogen-bond acceptors (Lipinski definition) is 7. The Balaban J connectivity index is 1.54. The van der Waals surface area contributed by atoms with E-state index in [9.17, 15) is 28.0 Å². The molecule has 1 aromatic heterocycles. The molecule has 0 unspecified atom stereocenters. The average molecular weight is 550 g/mol. The highest BCUT2D eigenvalue weighted by atomic mass is 19.4. The lowest BCUT2D eigenvalue weighted by atomic mass is 10.1. The third kappa shape index (κ3) is 4.85. The van der Waals surface area contributed by atoms with Crippen LogP contribution in [0.5, 0.6) is 23.1 Å². The Labute approximate surface area is 224 Å². The minimum atomic E-state index is -4.99. The Hall–Kier alpha value is -5.51. The van der Waals surface area contributed by atoms with E-state index < -0.39 is 35.2 Å². The topological polar surface area (TPSA) is 127 Å². The maximum Gasteiger partial charge on any atom is 0.436 e. The minimum absolute atomic E-state index is 0.00842. The van der Waals surface area contributed by atoms with E-state index >= 15 is 0 Å². The fraction of sp³-hybridized carbons (Fsp3) is 0.111. The van der Waals surface area contributed by atoms with E-state index in [2.05, 4.69) is 5.10 Å². The number of carbonyl (C=O) groups excluding carboxylic acids is 1. The van der Waals surface area contributed by atoms with Gasteiger partial charge in [0.15, 0.2) is 17.2 Å². The van der Waals surface area contributed by atoms with Crippen molar-refractivity contribution >= 4 is 17.6 Å². The second-order valence-corrected chi connectivity index (χ2v) is 8.43. The van der Waals surface area contributed by atoms with E-state index in [0.29, 0.717) is 17.2 Å². The van der Waals surface area contributed by atoms with Gasteiger partial charge in [0.05, 0.1) is 11.3 Å². The number of carboxylic acids is 1. The van der Waals surface area contributed by atoms with E-state index in [1.807, 2.05) is 0 Å². The number of rotatable bonds is 6. The third-order valence-electron chi connectivity index (χ3n) is 5.92. The Morgan fingerprint density at radius 1 is 1.05 bits per heavy atom. The summed E-state index contributed by atoms with van der Waals surface area (Å²) >= 11 is 0. The van der Waals surface area contributed by atoms with E-state index in [0.717, 1.165) is 4.68 Å². The maximum atomic E-state index is 13.8. The van der Waals surface area contributed by atoms with Crippen LogP contribution in [0.3, 0.4) is 0 Å². The Morgan fingerprint density at radius 3 is 2.45 bits per heavy atom. The molecule has 0 bridgehead atoms. The van der Waals surface area contributed by atoms with Crippen LogP contribution in [0.1, 0.15) is 32.0 Å². The molecule has 1 aliphatic rings. The first kappa shape index (κ1) is 26.1. The number of carbonyl (C=O) groups is 2. The average Bonchev–Trinajstić information content (AvgIpc) is 3.56. The minimum Gasteiger partial charge on any atom is -0.478 e. The van der Waals surface area contributed by atoms with Gasteiger partial charge in [-0.05, 0) is 54.6 Å². The fourth-order valence-corrected chi connectivity index (χ4v) is 3.92. The zero-order chi connectivity index (χ0) is 28.6. The first-order valence-corrected chi connectivity index (χ1v) is 11.5. The van der Waals surface area contributed by atoms with Crippen molar-refractivity contribution in [2.75, 3.05) is 18.7 Å². The standard InChI is InChI=1S/C27H17F3N4O6/c1-33(17-7-10-21-22(12-17)39-14-38-21)24(35)16-3-2-4-18(11-16)34-25(20(13-31)23(32-34)27(28,29)30)40-19-8-5-15(6-9-19)26(36)37/h2-12H,14H2,1H3,(H,36,37). The van der Waals surface area contributed by atoms with Gasteiger partial charge in [-0.15, -0.1) is 0 Å². The molecule has 0 spiro atoms. The van der Waals surface area contributed by atoms with Crippen LogP contribution in [0.25, 0.3) is 5.69 Å². The first-order valence-electron chi connectivity index (χ1n) is 11.5. The zero-order valence-electron chi connectivity index (χ0n) is 20.5. The van der Waals surface area contributed by atoms with Crippen molar-refractivity contribution in [2.24, 2.45) is 0 Å². The van der Waals surface area contributed by atoms with Gasteiger partial charge >= 0.3 is 12.1 Å².